The predicted octanol–water partition coefficient (Wildman–Crippen LogP) is 3.20. The number of anilines is 2. The molecule has 7 nitrogen and oxygen atoms in total. The van der Waals surface area contributed by atoms with Crippen molar-refractivity contribution >= 4 is 17.4 Å². The number of hydrogen-bond acceptors (Lipinski definition) is 6. The summed E-state index contributed by atoms with van der Waals surface area (Å²) < 4.78 is 25.9. The van der Waals surface area contributed by atoms with Gasteiger partial charge in [0.05, 0.1) is 6.54 Å². The van der Waals surface area contributed by atoms with Crippen molar-refractivity contribution in [2.75, 3.05) is 17.2 Å². The number of ether oxygens (including phenoxy) is 2. The monoisotopic (exact) mass is 394 g/mol. The van der Waals surface area contributed by atoms with Crippen LogP contribution in [-0.2, 0) is 6.61 Å². The van der Waals surface area contributed by atoms with Crippen LogP contribution in [0, 0.1) is 5.82 Å². The van der Waals surface area contributed by atoms with Gasteiger partial charge in [-0.3, -0.25) is 4.79 Å². The number of benzene rings is 2. The topological polar surface area (TPSA) is 90.6 Å². The molecule has 1 aliphatic rings. The van der Waals surface area contributed by atoms with Crippen LogP contribution in [0.1, 0.15) is 22.8 Å². The van der Waals surface area contributed by atoms with Gasteiger partial charge in [-0.25, -0.2) is 14.4 Å². The molecule has 2 heterocycles. The molecule has 29 heavy (non-hydrogen) atoms. The molecule has 0 radical (unpaired) electrons. The maximum atomic E-state index is 14.7. The van der Waals surface area contributed by atoms with E-state index in [0.29, 0.717) is 5.69 Å². The molecule has 1 aliphatic heterocycles. The minimum Gasteiger partial charge on any atom is -0.486 e. The predicted molar refractivity (Wildman–Crippen MR) is 105 cm³/mol. The highest BCUT2D eigenvalue weighted by Crippen LogP contribution is 2.31. The van der Waals surface area contributed by atoms with Crippen molar-refractivity contribution in [3.8, 4) is 11.6 Å². The molecule has 0 saturated carbocycles. The molecule has 0 aliphatic carbocycles. The van der Waals surface area contributed by atoms with E-state index in [2.05, 4.69) is 9.97 Å². The van der Waals surface area contributed by atoms with Gasteiger partial charge in [-0.15, -0.1) is 0 Å². The lowest BCUT2D eigenvalue weighted by Gasteiger charge is -2.23. The van der Waals surface area contributed by atoms with Gasteiger partial charge in [0.1, 0.15) is 30.4 Å². The Morgan fingerprint density at radius 3 is 2.79 bits per heavy atom. The fourth-order valence-electron chi connectivity index (χ4n) is 3.11. The zero-order chi connectivity index (χ0) is 20.4. The van der Waals surface area contributed by atoms with E-state index in [9.17, 15) is 9.18 Å². The Labute approximate surface area is 166 Å². The van der Waals surface area contributed by atoms with Crippen LogP contribution in [0.2, 0.25) is 0 Å². The lowest BCUT2D eigenvalue weighted by Crippen LogP contribution is -2.36. The largest absolute Gasteiger partial charge is 0.486 e. The van der Waals surface area contributed by atoms with E-state index >= 15 is 0 Å². The minimum atomic E-state index is -0.568. The van der Waals surface area contributed by atoms with Crippen molar-refractivity contribution in [1.82, 2.24) is 9.97 Å². The second-order valence-corrected chi connectivity index (χ2v) is 6.67. The molecule has 0 fully saturated rings. The first kappa shape index (κ1) is 18.7. The number of nitrogen functional groups attached to an aromatic ring is 1. The van der Waals surface area contributed by atoms with Gasteiger partial charge < -0.3 is 20.1 Å². The number of nitrogens with two attached hydrogens (primary N) is 1. The number of fused-ring (bicyclic) bond motifs is 1. The minimum absolute atomic E-state index is 0.0161. The number of hydrogen-bond donors (Lipinski definition) is 1. The molecular weight excluding hydrogens is 375 g/mol. The van der Waals surface area contributed by atoms with Crippen LogP contribution < -0.4 is 20.1 Å². The Kier molecular flexibility index (Phi) is 4.99. The van der Waals surface area contributed by atoms with E-state index in [1.165, 1.54) is 23.4 Å². The molecular formula is C21H19FN4O3. The average Bonchev–Trinajstić information content (AvgIpc) is 2.84. The van der Waals surface area contributed by atoms with Crippen molar-refractivity contribution in [1.29, 1.82) is 0 Å². The van der Waals surface area contributed by atoms with Crippen molar-refractivity contribution in [2.45, 2.75) is 19.6 Å². The van der Waals surface area contributed by atoms with Crippen LogP contribution >= 0.6 is 0 Å². The summed E-state index contributed by atoms with van der Waals surface area (Å²) >= 11 is 0. The Balaban J connectivity index is 1.60. The van der Waals surface area contributed by atoms with Crippen LogP contribution in [-0.4, -0.2) is 28.5 Å². The van der Waals surface area contributed by atoms with Crippen molar-refractivity contribution in [3.63, 3.8) is 0 Å². The third-order valence-corrected chi connectivity index (χ3v) is 4.52. The highest BCUT2D eigenvalue weighted by atomic mass is 19.1. The number of rotatable bonds is 4. The molecule has 0 bridgehead atoms. The molecule has 1 amide bonds. The number of nitrogens with zero attached hydrogens (tertiary/aromatic N) is 3. The second kappa shape index (κ2) is 7.75. The van der Waals surface area contributed by atoms with Gasteiger partial charge in [0.2, 0.25) is 5.88 Å². The summed E-state index contributed by atoms with van der Waals surface area (Å²) in [5.41, 5.74) is 7.23. The van der Waals surface area contributed by atoms with E-state index in [-0.39, 0.29) is 42.3 Å². The second-order valence-electron chi connectivity index (χ2n) is 6.67. The van der Waals surface area contributed by atoms with Crippen LogP contribution in [0.15, 0.2) is 54.9 Å². The van der Waals surface area contributed by atoms with Crippen LogP contribution in [0.4, 0.5) is 15.9 Å². The summed E-state index contributed by atoms with van der Waals surface area (Å²) in [5.74, 6) is -0.767. The number of halogens is 1. The quantitative estimate of drug-likeness (QED) is 0.731. The summed E-state index contributed by atoms with van der Waals surface area (Å²) in [6.45, 7) is 2.24. The summed E-state index contributed by atoms with van der Waals surface area (Å²) in [6, 6.07) is 13.9. The smallest absolute Gasteiger partial charge is 0.267 e. The molecule has 2 aromatic carbocycles. The maximum absolute atomic E-state index is 14.7. The van der Waals surface area contributed by atoms with Gasteiger partial charge in [-0.2, -0.15) is 0 Å². The molecule has 0 spiro atoms. The highest BCUT2D eigenvalue weighted by Gasteiger charge is 2.31. The first-order chi connectivity index (χ1) is 14.0. The third kappa shape index (κ3) is 3.82. The highest BCUT2D eigenvalue weighted by molar-refractivity contribution is 6.10. The van der Waals surface area contributed by atoms with Gasteiger partial charge in [0, 0.05) is 11.8 Å². The fourth-order valence-corrected chi connectivity index (χ4v) is 3.11. The summed E-state index contributed by atoms with van der Waals surface area (Å²) in [4.78, 5) is 22.3. The standard InChI is InChI=1S/C21H19FN4O3/c1-13-10-26(21(27)18-19(23)24-12-25-20(18)29-13)15-7-8-17(16(22)9-15)28-11-14-5-3-2-4-6-14/h2-9,12-13H,10-11H2,1H3,(H2,23,24,25)/t13-/m1/s1. The van der Waals surface area contributed by atoms with E-state index in [1.807, 2.05) is 30.3 Å². The van der Waals surface area contributed by atoms with Gasteiger partial charge >= 0.3 is 0 Å². The molecule has 3 aromatic rings. The number of carbonyl (C=O) groups is 1. The maximum Gasteiger partial charge on any atom is 0.267 e. The molecule has 8 heteroatoms. The first-order valence-corrected chi connectivity index (χ1v) is 9.08. The van der Waals surface area contributed by atoms with Crippen molar-refractivity contribution in [3.05, 3.63) is 71.8 Å². The Bertz CT molecular complexity index is 1050. The summed E-state index contributed by atoms with van der Waals surface area (Å²) in [7, 11) is 0. The van der Waals surface area contributed by atoms with Crippen molar-refractivity contribution in [2.24, 2.45) is 0 Å². The summed E-state index contributed by atoms with van der Waals surface area (Å²) in [6.07, 6.45) is 0.870. The molecule has 1 atom stereocenters. The molecule has 4 rings (SSSR count). The third-order valence-electron chi connectivity index (χ3n) is 4.52. The van der Waals surface area contributed by atoms with Crippen LogP contribution in [0.25, 0.3) is 0 Å². The molecule has 0 saturated heterocycles. The SMILES string of the molecule is C[C@@H]1CN(c2ccc(OCc3ccccc3)c(F)c2)C(=O)c2c(N)ncnc2O1. The number of carbonyl (C=O) groups excluding carboxylic acids is 1. The van der Waals surface area contributed by atoms with Gasteiger partial charge in [-0.1, -0.05) is 30.3 Å². The average molecular weight is 394 g/mol. The number of aromatic nitrogens is 2. The normalized spacial score (nSPS) is 16.0. The Morgan fingerprint density at radius 2 is 2.03 bits per heavy atom. The molecule has 0 unspecified atom stereocenters. The van der Waals surface area contributed by atoms with E-state index in [4.69, 9.17) is 15.2 Å². The zero-order valence-corrected chi connectivity index (χ0v) is 15.7. The first-order valence-electron chi connectivity index (χ1n) is 9.08. The Morgan fingerprint density at radius 1 is 1.24 bits per heavy atom. The fraction of sp³-hybridized carbons (Fsp3) is 0.190. The van der Waals surface area contributed by atoms with Gasteiger partial charge in [0.25, 0.3) is 5.91 Å². The molecule has 1 aromatic heterocycles. The molecule has 2 N–H and O–H groups in total. The van der Waals surface area contributed by atoms with Gasteiger partial charge in [0.15, 0.2) is 11.6 Å². The number of amides is 1. The molecule has 148 valence electrons. The Hall–Kier alpha value is -3.68. The summed E-state index contributed by atoms with van der Waals surface area (Å²) in [5, 5.41) is 0. The van der Waals surface area contributed by atoms with Crippen LogP contribution in [0.5, 0.6) is 11.6 Å². The van der Waals surface area contributed by atoms with E-state index in [0.717, 1.165) is 5.56 Å². The lowest BCUT2D eigenvalue weighted by atomic mass is 10.2. The van der Waals surface area contributed by atoms with E-state index < -0.39 is 11.7 Å². The lowest BCUT2D eigenvalue weighted by molar-refractivity contribution is 0.0988. The van der Waals surface area contributed by atoms with E-state index in [1.54, 1.807) is 13.0 Å². The van der Waals surface area contributed by atoms with Crippen molar-refractivity contribution < 1.29 is 18.7 Å². The zero-order valence-electron chi connectivity index (χ0n) is 15.7. The van der Waals surface area contributed by atoms with Gasteiger partial charge in [-0.05, 0) is 24.6 Å². The van der Waals surface area contributed by atoms with Crippen LogP contribution in [0.3, 0.4) is 0 Å².